The lowest BCUT2D eigenvalue weighted by molar-refractivity contribution is -0.144. The van der Waals surface area contributed by atoms with Gasteiger partial charge in [-0.3, -0.25) is 9.69 Å². The Balaban J connectivity index is 2.39. The average molecular weight is 454 g/mol. The van der Waals surface area contributed by atoms with Crippen LogP contribution in [0.3, 0.4) is 0 Å². The number of hydrogen-bond acceptors (Lipinski definition) is 2. The Morgan fingerprint density at radius 1 is 1.09 bits per heavy atom. The van der Waals surface area contributed by atoms with Crippen molar-refractivity contribution in [1.82, 2.24) is 4.90 Å². The van der Waals surface area contributed by atoms with Crippen LogP contribution in [0.4, 0.5) is 13.2 Å². The van der Waals surface area contributed by atoms with Gasteiger partial charge in [-0.05, 0) is 67.7 Å². The molecule has 3 nitrogen and oxygen atoms in total. The molecule has 1 heterocycles. The number of alkyl halides is 3. The summed E-state index contributed by atoms with van der Waals surface area (Å²) >= 11 is 0. The van der Waals surface area contributed by atoms with Crippen molar-refractivity contribution in [1.29, 1.82) is 0 Å². The van der Waals surface area contributed by atoms with Crippen molar-refractivity contribution in [2.45, 2.75) is 78.6 Å². The summed E-state index contributed by atoms with van der Waals surface area (Å²) in [6, 6.07) is 5.50. The van der Waals surface area contributed by atoms with Gasteiger partial charge >= 0.3 is 12.1 Å². The predicted octanol–water partition coefficient (Wildman–Crippen LogP) is 7.20. The molecule has 1 N–H and O–H groups in total. The molecule has 2 rings (SSSR count). The van der Waals surface area contributed by atoms with Gasteiger partial charge in [0.1, 0.15) is 0 Å². The fourth-order valence-electron chi connectivity index (χ4n) is 4.51. The highest BCUT2D eigenvalue weighted by atomic mass is 19.4. The zero-order valence-corrected chi connectivity index (χ0v) is 19.9. The minimum Gasteiger partial charge on any atom is -0.481 e. The lowest BCUT2D eigenvalue weighted by Crippen LogP contribution is -2.44. The summed E-state index contributed by atoms with van der Waals surface area (Å²) in [5.41, 5.74) is 0.169. The Morgan fingerprint density at radius 3 is 2.22 bits per heavy atom. The molecule has 1 aliphatic heterocycles. The van der Waals surface area contributed by atoms with E-state index in [2.05, 4.69) is 44.7 Å². The van der Waals surface area contributed by atoms with Gasteiger partial charge < -0.3 is 5.11 Å². The van der Waals surface area contributed by atoms with Crippen LogP contribution in [0.1, 0.15) is 77.5 Å². The number of hydrogen-bond donors (Lipinski definition) is 1. The Kier molecular flexibility index (Phi) is 9.38. The minimum atomic E-state index is -4.37. The number of benzene rings is 1. The smallest absolute Gasteiger partial charge is 0.416 e. The van der Waals surface area contributed by atoms with Gasteiger partial charge in [-0.2, -0.15) is 13.2 Å². The maximum atomic E-state index is 13.1. The molecule has 0 aliphatic carbocycles. The fraction of sp³-hybridized carbons (Fsp3) is 0.654. The van der Waals surface area contributed by atoms with Gasteiger partial charge in [-0.25, -0.2) is 0 Å². The molecule has 1 aliphatic rings. The largest absolute Gasteiger partial charge is 0.481 e. The van der Waals surface area contributed by atoms with Crippen molar-refractivity contribution in [3.05, 3.63) is 47.5 Å². The fourth-order valence-corrected chi connectivity index (χ4v) is 4.51. The summed E-state index contributed by atoms with van der Waals surface area (Å²) in [5, 5.41) is 9.53. The van der Waals surface area contributed by atoms with Crippen molar-refractivity contribution in [3.63, 3.8) is 0 Å². The van der Waals surface area contributed by atoms with Gasteiger partial charge in [0.25, 0.3) is 0 Å². The summed E-state index contributed by atoms with van der Waals surface area (Å²) in [5.74, 6) is -0.333. The lowest BCUT2D eigenvalue weighted by Gasteiger charge is -2.44. The third-order valence-corrected chi connectivity index (χ3v) is 6.59. The first-order valence-electron chi connectivity index (χ1n) is 11.7. The van der Waals surface area contributed by atoms with Crippen molar-refractivity contribution >= 4 is 5.97 Å². The first-order valence-corrected chi connectivity index (χ1v) is 11.7. The minimum absolute atomic E-state index is 0.00382. The highest BCUT2D eigenvalue weighted by Gasteiger charge is 2.37. The molecule has 1 saturated heterocycles. The Bertz CT molecular complexity index is 755. The predicted molar refractivity (Wildman–Crippen MR) is 122 cm³/mol. The highest BCUT2D eigenvalue weighted by molar-refractivity contribution is 5.69. The number of carbonyl (C=O) groups is 1. The zero-order valence-electron chi connectivity index (χ0n) is 19.9. The number of nitrogens with zero attached hydrogens (tertiary/aromatic N) is 1. The normalized spacial score (nSPS) is 22.6. The number of likely N-dealkylation sites (tertiary alicyclic amines) is 1. The molecule has 0 spiro atoms. The van der Waals surface area contributed by atoms with Crippen LogP contribution >= 0.6 is 0 Å². The second-order valence-corrected chi connectivity index (χ2v) is 9.95. The molecule has 1 unspecified atom stereocenters. The Labute approximate surface area is 190 Å². The van der Waals surface area contributed by atoms with Crippen LogP contribution in [0.15, 0.2) is 36.4 Å². The maximum absolute atomic E-state index is 13.1. The molecular weight excluding hydrogens is 415 g/mol. The van der Waals surface area contributed by atoms with Crippen LogP contribution in [-0.4, -0.2) is 28.6 Å². The number of halogens is 3. The Morgan fingerprint density at radius 2 is 1.72 bits per heavy atom. The SMILES string of the molecule is CC(C)/C=C\[C@H](CCC(C)C)N1CC[C@@H](C(C)C(=O)O)C[C@H]1c1ccc(C(F)(F)F)cc1. The Hall–Kier alpha value is -1.82. The standard InChI is InChI=1S/C26H38F3NO2/c1-17(2)6-12-23(13-7-18(3)4)30-15-14-21(19(5)25(31)32)16-24(30)20-8-10-22(11-9-20)26(27,28)29/h6,8-12,17-19,21,23-24H,7,13-16H2,1-5H3,(H,31,32)/b12-6-/t19?,21-,23-,24+/m1/s1. The van der Waals surface area contributed by atoms with E-state index in [4.69, 9.17) is 0 Å². The number of aliphatic carboxylic acids is 1. The molecule has 0 saturated carbocycles. The molecule has 4 atom stereocenters. The number of allylic oxidation sites excluding steroid dienone is 1. The third-order valence-electron chi connectivity index (χ3n) is 6.59. The molecule has 0 radical (unpaired) electrons. The summed E-state index contributed by atoms with van der Waals surface area (Å²) in [7, 11) is 0. The first kappa shape index (κ1) is 26.4. The van der Waals surface area contributed by atoms with Crippen LogP contribution in [-0.2, 0) is 11.0 Å². The second kappa shape index (κ2) is 11.4. The number of carboxylic acids is 1. The third kappa shape index (κ3) is 7.36. The van der Waals surface area contributed by atoms with E-state index in [9.17, 15) is 23.1 Å². The van der Waals surface area contributed by atoms with Gasteiger partial charge in [-0.15, -0.1) is 0 Å². The van der Waals surface area contributed by atoms with Crippen LogP contribution in [0.25, 0.3) is 0 Å². The van der Waals surface area contributed by atoms with E-state index in [-0.39, 0.29) is 18.0 Å². The summed E-state index contributed by atoms with van der Waals surface area (Å²) in [6.07, 6.45) is 3.50. The van der Waals surface area contributed by atoms with Crippen LogP contribution in [0.2, 0.25) is 0 Å². The van der Waals surface area contributed by atoms with Crippen molar-refractivity contribution in [2.75, 3.05) is 6.54 Å². The van der Waals surface area contributed by atoms with Crippen molar-refractivity contribution in [3.8, 4) is 0 Å². The van der Waals surface area contributed by atoms with Gasteiger partial charge in [0.15, 0.2) is 0 Å². The monoisotopic (exact) mass is 453 g/mol. The molecular formula is C26H38F3NO2. The molecule has 0 aromatic heterocycles. The van der Waals surface area contributed by atoms with E-state index in [1.807, 2.05) is 0 Å². The quantitative estimate of drug-likeness (QED) is 0.402. The molecule has 0 amide bonds. The molecule has 1 aromatic carbocycles. The first-order chi connectivity index (χ1) is 14.9. The highest BCUT2D eigenvalue weighted by Crippen LogP contribution is 2.41. The van der Waals surface area contributed by atoms with Gasteiger partial charge in [0.2, 0.25) is 0 Å². The van der Waals surface area contributed by atoms with Gasteiger partial charge in [-0.1, -0.05) is 58.9 Å². The summed E-state index contributed by atoms with van der Waals surface area (Å²) < 4.78 is 39.3. The molecule has 0 bridgehead atoms. The summed E-state index contributed by atoms with van der Waals surface area (Å²) in [6.45, 7) is 11.1. The number of rotatable bonds is 9. The van der Waals surface area contributed by atoms with E-state index in [1.54, 1.807) is 19.1 Å². The average Bonchev–Trinajstić information content (AvgIpc) is 2.72. The summed E-state index contributed by atoms with van der Waals surface area (Å²) in [4.78, 5) is 14.0. The molecule has 1 fully saturated rings. The van der Waals surface area contributed by atoms with Gasteiger partial charge in [0, 0.05) is 12.1 Å². The van der Waals surface area contributed by atoms with Crippen molar-refractivity contribution < 1.29 is 23.1 Å². The molecule has 180 valence electrons. The van der Waals surface area contributed by atoms with E-state index < -0.39 is 23.6 Å². The van der Waals surface area contributed by atoms with Crippen LogP contribution < -0.4 is 0 Å². The molecule has 1 aromatic rings. The topological polar surface area (TPSA) is 40.5 Å². The number of carboxylic acid groups (broad SMARTS) is 1. The number of piperidine rings is 1. The second-order valence-electron chi connectivity index (χ2n) is 9.95. The van der Waals surface area contributed by atoms with E-state index in [0.717, 1.165) is 43.5 Å². The lowest BCUT2D eigenvalue weighted by atomic mass is 9.79. The van der Waals surface area contributed by atoms with E-state index >= 15 is 0 Å². The maximum Gasteiger partial charge on any atom is 0.416 e. The van der Waals surface area contributed by atoms with Gasteiger partial charge in [0.05, 0.1) is 11.5 Å². The van der Waals surface area contributed by atoms with E-state index in [0.29, 0.717) is 18.3 Å². The zero-order chi connectivity index (χ0) is 24.1. The van der Waals surface area contributed by atoms with Crippen LogP contribution in [0.5, 0.6) is 0 Å². The van der Waals surface area contributed by atoms with E-state index in [1.165, 1.54) is 0 Å². The van der Waals surface area contributed by atoms with Crippen molar-refractivity contribution in [2.24, 2.45) is 23.7 Å². The van der Waals surface area contributed by atoms with Crippen LogP contribution in [0, 0.1) is 23.7 Å². The molecule has 6 heteroatoms. The molecule has 32 heavy (non-hydrogen) atoms.